The molecule has 0 N–H and O–H groups in total. The van der Waals surface area contributed by atoms with Crippen LogP contribution in [0.1, 0.15) is 13.8 Å². The van der Waals surface area contributed by atoms with Gasteiger partial charge in [0.25, 0.3) is 0 Å². The molecule has 0 nitrogen and oxygen atoms in total. The van der Waals surface area contributed by atoms with Crippen LogP contribution in [0.5, 0.6) is 0 Å². The third kappa shape index (κ3) is 7.27. The highest BCUT2D eigenvalue weighted by atomic mass is 19.4. The van der Waals surface area contributed by atoms with Gasteiger partial charge >= 0.3 is 6.18 Å². The Bertz CT molecular complexity index is 147. The van der Waals surface area contributed by atoms with Gasteiger partial charge in [-0.05, 0) is 13.8 Å². The van der Waals surface area contributed by atoms with Gasteiger partial charge in [0.1, 0.15) is 0 Å². The summed E-state index contributed by atoms with van der Waals surface area (Å²) in [5.41, 5.74) is 0.848. The molecule has 0 aliphatic carbocycles. The standard InChI is InChI=1S/C7H9F3/c1-6(2)4-3-5-7(8,9)10/h3-5H,1-2H3. The van der Waals surface area contributed by atoms with Gasteiger partial charge in [-0.1, -0.05) is 17.7 Å². The Kier molecular flexibility index (Phi) is 3.19. The van der Waals surface area contributed by atoms with E-state index in [-0.39, 0.29) is 6.08 Å². The van der Waals surface area contributed by atoms with Crippen LogP contribution in [-0.4, -0.2) is 6.18 Å². The molecule has 58 valence electrons. The molecule has 0 atom stereocenters. The van der Waals surface area contributed by atoms with Crippen LogP contribution in [-0.2, 0) is 0 Å². The summed E-state index contributed by atoms with van der Waals surface area (Å²) in [7, 11) is 0. The van der Waals surface area contributed by atoms with E-state index in [9.17, 15) is 13.2 Å². The van der Waals surface area contributed by atoms with Crippen LogP contribution in [0, 0.1) is 0 Å². The summed E-state index contributed by atoms with van der Waals surface area (Å²) in [5, 5.41) is 0. The van der Waals surface area contributed by atoms with Crippen LogP contribution in [0.3, 0.4) is 0 Å². The lowest BCUT2D eigenvalue weighted by molar-refractivity contribution is -0.0798. The zero-order chi connectivity index (χ0) is 8.20. The van der Waals surface area contributed by atoms with Crippen molar-refractivity contribution in [3.8, 4) is 0 Å². The van der Waals surface area contributed by atoms with Gasteiger partial charge < -0.3 is 0 Å². The van der Waals surface area contributed by atoms with Crippen molar-refractivity contribution < 1.29 is 13.2 Å². The minimum atomic E-state index is -4.19. The SMILES string of the molecule is CC(C)=CC=CC(F)(F)F. The summed E-state index contributed by atoms with van der Waals surface area (Å²) in [6.07, 6.45) is -1.57. The molecule has 0 unspecified atom stereocenters. The average Bonchev–Trinajstić information content (AvgIpc) is 1.59. The Morgan fingerprint density at radius 3 is 2.00 bits per heavy atom. The van der Waals surface area contributed by atoms with Crippen molar-refractivity contribution in [3.05, 3.63) is 23.8 Å². The lowest BCUT2D eigenvalue weighted by Gasteiger charge is -1.94. The Hall–Kier alpha value is -0.730. The van der Waals surface area contributed by atoms with Crippen LogP contribution >= 0.6 is 0 Å². The van der Waals surface area contributed by atoms with E-state index in [0.29, 0.717) is 0 Å². The Morgan fingerprint density at radius 2 is 1.70 bits per heavy atom. The van der Waals surface area contributed by atoms with E-state index in [1.54, 1.807) is 13.8 Å². The van der Waals surface area contributed by atoms with Gasteiger partial charge in [0.05, 0.1) is 0 Å². The molecule has 0 bridgehead atoms. The molecule has 0 rings (SSSR count). The second-order valence-corrected chi connectivity index (χ2v) is 2.14. The molecule has 0 aromatic carbocycles. The first-order chi connectivity index (χ1) is 4.42. The fraction of sp³-hybridized carbons (Fsp3) is 0.429. The fourth-order valence-corrected chi connectivity index (χ4v) is 0.350. The van der Waals surface area contributed by atoms with Crippen molar-refractivity contribution in [1.29, 1.82) is 0 Å². The molecule has 0 aliphatic rings. The largest absolute Gasteiger partial charge is 0.409 e. The molecule has 0 radical (unpaired) electrons. The van der Waals surface area contributed by atoms with Gasteiger partial charge in [-0.2, -0.15) is 13.2 Å². The van der Waals surface area contributed by atoms with Crippen molar-refractivity contribution in [2.75, 3.05) is 0 Å². The number of hydrogen-bond donors (Lipinski definition) is 0. The van der Waals surface area contributed by atoms with E-state index in [2.05, 4.69) is 0 Å². The molecule has 0 aromatic heterocycles. The van der Waals surface area contributed by atoms with E-state index in [4.69, 9.17) is 0 Å². The van der Waals surface area contributed by atoms with Crippen LogP contribution in [0.15, 0.2) is 23.8 Å². The second-order valence-electron chi connectivity index (χ2n) is 2.14. The van der Waals surface area contributed by atoms with E-state index in [0.717, 1.165) is 11.6 Å². The van der Waals surface area contributed by atoms with Crippen LogP contribution in [0.25, 0.3) is 0 Å². The first-order valence-corrected chi connectivity index (χ1v) is 2.81. The molecular weight excluding hydrogens is 141 g/mol. The van der Waals surface area contributed by atoms with E-state index in [1.165, 1.54) is 6.08 Å². The maximum Gasteiger partial charge on any atom is 0.409 e. The lowest BCUT2D eigenvalue weighted by Crippen LogP contribution is -1.99. The Balaban J connectivity index is 3.90. The topological polar surface area (TPSA) is 0 Å². The minimum absolute atomic E-state index is 0.208. The van der Waals surface area contributed by atoms with Gasteiger partial charge in [-0.25, -0.2) is 0 Å². The molecule has 10 heavy (non-hydrogen) atoms. The Labute approximate surface area is 58.0 Å². The third-order valence-electron chi connectivity index (χ3n) is 0.715. The number of allylic oxidation sites excluding steroid dienone is 4. The van der Waals surface area contributed by atoms with Crippen LogP contribution in [0.2, 0.25) is 0 Å². The van der Waals surface area contributed by atoms with Crippen molar-refractivity contribution in [2.45, 2.75) is 20.0 Å². The maximum absolute atomic E-state index is 11.4. The zero-order valence-corrected chi connectivity index (χ0v) is 5.87. The van der Waals surface area contributed by atoms with Crippen molar-refractivity contribution in [3.63, 3.8) is 0 Å². The van der Waals surface area contributed by atoms with E-state index >= 15 is 0 Å². The molecule has 0 heterocycles. The zero-order valence-electron chi connectivity index (χ0n) is 5.87. The predicted octanol–water partition coefficient (Wildman–Crippen LogP) is 3.07. The first-order valence-electron chi connectivity index (χ1n) is 2.81. The summed E-state index contributed by atoms with van der Waals surface area (Å²) in [4.78, 5) is 0. The number of alkyl halides is 3. The molecule has 3 heteroatoms. The summed E-state index contributed by atoms with van der Waals surface area (Å²) in [6, 6.07) is 0. The molecule has 0 aromatic rings. The molecule has 0 aliphatic heterocycles. The average molecular weight is 150 g/mol. The summed E-state index contributed by atoms with van der Waals surface area (Å²) < 4.78 is 34.2. The predicted molar refractivity (Wildman–Crippen MR) is 34.6 cm³/mol. The first kappa shape index (κ1) is 9.27. The summed E-state index contributed by atoms with van der Waals surface area (Å²) in [6.45, 7) is 3.47. The third-order valence-corrected chi connectivity index (χ3v) is 0.715. The molecule has 0 saturated heterocycles. The normalized spacial score (nSPS) is 12.1. The number of rotatable bonds is 1. The second kappa shape index (κ2) is 3.44. The lowest BCUT2D eigenvalue weighted by atomic mass is 10.3. The molecular formula is C7H9F3. The highest BCUT2D eigenvalue weighted by molar-refractivity contribution is 5.09. The van der Waals surface area contributed by atoms with Crippen molar-refractivity contribution >= 4 is 0 Å². The monoisotopic (exact) mass is 150 g/mol. The smallest absolute Gasteiger partial charge is 0.167 e. The number of hydrogen-bond acceptors (Lipinski definition) is 0. The summed E-state index contributed by atoms with van der Waals surface area (Å²) >= 11 is 0. The molecule has 0 spiro atoms. The maximum atomic E-state index is 11.4. The van der Waals surface area contributed by atoms with Gasteiger partial charge in [0, 0.05) is 6.08 Å². The quantitative estimate of drug-likeness (QED) is 0.504. The summed E-state index contributed by atoms with van der Waals surface area (Å²) in [5.74, 6) is 0. The Morgan fingerprint density at radius 1 is 1.20 bits per heavy atom. The van der Waals surface area contributed by atoms with Crippen LogP contribution in [0.4, 0.5) is 13.2 Å². The van der Waals surface area contributed by atoms with Gasteiger partial charge in [-0.3, -0.25) is 0 Å². The molecule has 0 fully saturated rings. The highest BCUT2D eigenvalue weighted by Crippen LogP contribution is 2.15. The minimum Gasteiger partial charge on any atom is -0.167 e. The van der Waals surface area contributed by atoms with E-state index < -0.39 is 6.18 Å². The van der Waals surface area contributed by atoms with Gasteiger partial charge in [0.2, 0.25) is 0 Å². The fourth-order valence-electron chi connectivity index (χ4n) is 0.350. The molecule has 0 amide bonds. The molecule has 0 saturated carbocycles. The highest BCUT2D eigenvalue weighted by Gasteiger charge is 2.21. The van der Waals surface area contributed by atoms with Crippen molar-refractivity contribution in [2.24, 2.45) is 0 Å². The number of halogens is 3. The van der Waals surface area contributed by atoms with E-state index in [1.807, 2.05) is 0 Å². The van der Waals surface area contributed by atoms with Gasteiger partial charge in [-0.15, -0.1) is 0 Å². The van der Waals surface area contributed by atoms with Gasteiger partial charge in [0.15, 0.2) is 0 Å². The van der Waals surface area contributed by atoms with Crippen molar-refractivity contribution in [1.82, 2.24) is 0 Å². The van der Waals surface area contributed by atoms with Crippen LogP contribution < -0.4 is 0 Å².